The molecule has 0 rings (SSSR count). The Bertz CT molecular complexity index is 106. The van der Waals surface area contributed by atoms with E-state index in [1.165, 1.54) is 0 Å². The summed E-state index contributed by atoms with van der Waals surface area (Å²) in [6.07, 6.45) is 0. The van der Waals surface area contributed by atoms with E-state index in [1.54, 1.807) is 7.11 Å². The van der Waals surface area contributed by atoms with Gasteiger partial charge in [-0.3, -0.25) is 0 Å². The zero-order valence-corrected chi connectivity index (χ0v) is 7.80. The molecule has 9 heavy (non-hydrogen) atoms. The standard InChI is InChI=1S/C6H11NO.Tc/c1-6(2,8-4)5-7-3;/h5H2,1-2,4H3;. The molecule has 0 bridgehead atoms. The van der Waals surface area contributed by atoms with Crippen LogP contribution in [-0.4, -0.2) is 19.3 Å². The summed E-state index contributed by atoms with van der Waals surface area (Å²) >= 11 is 0. The van der Waals surface area contributed by atoms with Crippen LogP contribution in [0.15, 0.2) is 0 Å². The van der Waals surface area contributed by atoms with Gasteiger partial charge in [0.25, 0.3) is 0 Å². The maximum Gasteiger partial charge on any atom is 0.242 e. The van der Waals surface area contributed by atoms with Crippen LogP contribution in [-0.2, 0) is 24.8 Å². The van der Waals surface area contributed by atoms with E-state index in [9.17, 15) is 0 Å². The van der Waals surface area contributed by atoms with Crippen molar-refractivity contribution < 1.29 is 24.8 Å². The quantitative estimate of drug-likeness (QED) is 0.628. The van der Waals surface area contributed by atoms with E-state index >= 15 is 0 Å². The maximum atomic E-state index is 6.51. The minimum Gasteiger partial charge on any atom is -0.371 e. The first-order chi connectivity index (χ1) is 3.62. The van der Waals surface area contributed by atoms with Gasteiger partial charge in [-0.1, -0.05) is 0 Å². The Labute approximate surface area is 69.8 Å². The SMILES string of the molecule is [C-]#[N+]CC(C)(C)OC.[Tc]. The Morgan fingerprint density at radius 2 is 2.00 bits per heavy atom. The van der Waals surface area contributed by atoms with Crippen molar-refractivity contribution in [2.24, 2.45) is 0 Å². The van der Waals surface area contributed by atoms with Crippen molar-refractivity contribution in [2.75, 3.05) is 13.7 Å². The van der Waals surface area contributed by atoms with Gasteiger partial charge in [0.05, 0.1) is 0 Å². The number of methoxy groups -OCH3 is 1. The molecule has 0 aromatic carbocycles. The molecular formula is C6H11NOTc. The monoisotopic (exact) mass is 210 g/mol. The first kappa shape index (κ1) is 11.8. The molecule has 0 spiro atoms. The third-order valence-corrected chi connectivity index (χ3v) is 1.01. The van der Waals surface area contributed by atoms with Crippen LogP contribution in [0, 0.1) is 6.57 Å². The van der Waals surface area contributed by atoms with Crippen LogP contribution in [0.25, 0.3) is 4.85 Å². The molecule has 3 heteroatoms. The molecule has 0 amide bonds. The van der Waals surface area contributed by atoms with Crippen LogP contribution in [0.2, 0.25) is 0 Å². The summed E-state index contributed by atoms with van der Waals surface area (Å²) in [5.41, 5.74) is -0.262. The molecule has 0 fully saturated rings. The fourth-order valence-electron chi connectivity index (χ4n) is 0.255. The molecule has 0 aromatic heterocycles. The van der Waals surface area contributed by atoms with Crippen LogP contribution in [0.3, 0.4) is 0 Å². The zero-order valence-electron chi connectivity index (χ0n) is 5.94. The summed E-state index contributed by atoms with van der Waals surface area (Å²) in [7, 11) is 1.62. The summed E-state index contributed by atoms with van der Waals surface area (Å²) in [6.45, 7) is 10.7. The second-order valence-electron chi connectivity index (χ2n) is 2.28. The van der Waals surface area contributed by atoms with Gasteiger partial charge < -0.3 is 9.58 Å². The molecule has 2 nitrogen and oxygen atoms in total. The van der Waals surface area contributed by atoms with Crippen molar-refractivity contribution in [3.05, 3.63) is 11.4 Å². The fourth-order valence-corrected chi connectivity index (χ4v) is 0.255. The fraction of sp³-hybridized carbons (Fsp3) is 0.833. The van der Waals surface area contributed by atoms with Crippen LogP contribution >= 0.6 is 0 Å². The molecule has 0 N–H and O–H groups in total. The first-order valence-electron chi connectivity index (χ1n) is 2.51. The molecule has 0 aliphatic heterocycles. The van der Waals surface area contributed by atoms with Crippen molar-refractivity contribution in [1.82, 2.24) is 0 Å². The molecule has 0 saturated heterocycles. The second kappa shape index (κ2) is 4.93. The molecule has 0 saturated carbocycles. The summed E-state index contributed by atoms with van der Waals surface area (Å²) in [5, 5.41) is 0. The normalized spacial score (nSPS) is 9.56. The number of hydrogen-bond acceptors (Lipinski definition) is 1. The summed E-state index contributed by atoms with van der Waals surface area (Å²) in [4.78, 5) is 3.20. The van der Waals surface area contributed by atoms with Crippen molar-refractivity contribution in [2.45, 2.75) is 19.4 Å². The summed E-state index contributed by atoms with van der Waals surface area (Å²) < 4.78 is 4.96. The van der Waals surface area contributed by atoms with Crippen LogP contribution in [0.1, 0.15) is 13.8 Å². The van der Waals surface area contributed by atoms with Gasteiger partial charge in [0.2, 0.25) is 6.54 Å². The van der Waals surface area contributed by atoms with Crippen LogP contribution < -0.4 is 0 Å². The Morgan fingerprint density at radius 1 is 1.56 bits per heavy atom. The molecule has 0 aromatic rings. The van der Waals surface area contributed by atoms with Crippen molar-refractivity contribution in [3.8, 4) is 0 Å². The Morgan fingerprint density at radius 3 is 2.11 bits per heavy atom. The van der Waals surface area contributed by atoms with Gasteiger partial charge in [0, 0.05) is 27.2 Å². The predicted molar refractivity (Wildman–Crippen MR) is 32.6 cm³/mol. The predicted octanol–water partition coefficient (Wildman–Crippen LogP) is 1.33. The van der Waals surface area contributed by atoms with Crippen LogP contribution in [0.5, 0.6) is 0 Å². The zero-order chi connectivity index (χ0) is 6.62. The van der Waals surface area contributed by atoms with E-state index < -0.39 is 0 Å². The van der Waals surface area contributed by atoms with Gasteiger partial charge in [-0.15, -0.1) is 0 Å². The van der Waals surface area contributed by atoms with Gasteiger partial charge in [0.15, 0.2) is 0 Å². The third kappa shape index (κ3) is 5.98. The molecule has 53 valence electrons. The van der Waals surface area contributed by atoms with Gasteiger partial charge in [-0.25, -0.2) is 6.57 Å². The van der Waals surface area contributed by atoms with Crippen molar-refractivity contribution in [3.63, 3.8) is 0 Å². The Hall–Kier alpha value is 0.0994. The van der Waals surface area contributed by atoms with Crippen molar-refractivity contribution >= 4 is 0 Å². The number of ether oxygens (including phenoxy) is 1. The topological polar surface area (TPSA) is 13.6 Å². The third-order valence-electron chi connectivity index (χ3n) is 1.01. The first-order valence-corrected chi connectivity index (χ1v) is 2.51. The van der Waals surface area contributed by atoms with E-state index in [-0.39, 0.29) is 25.7 Å². The van der Waals surface area contributed by atoms with E-state index in [0.717, 1.165) is 0 Å². The van der Waals surface area contributed by atoms with E-state index in [4.69, 9.17) is 11.3 Å². The smallest absolute Gasteiger partial charge is 0.242 e. The van der Waals surface area contributed by atoms with E-state index in [1.807, 2.05) is 13.8 Å². The number of rotatable bonds is 2. The number of hydrogen-bond donors (Lipinski definition) is 0. The second-order valence-corrected chi connectivity index (χ2v) is 2.28. The van der Waals surface area contributed by atoms with Gasteiger partial charge in [-0.2, -0.15) is 0 Å². The molecule has 0 unspecified atom stereocenters. The minimum atomic E-state index is -0.262. The molecule has 0 atom stereocenters. The van der Waals surface area contributed by atoms with E-state index in [2.05, 4.69) is 4.85 Å². The van der Waals surface area contributed by atoms with Gasteiger partial charge >= 0.3 is 0 Å². The molecule has 0 aliphatic rings. The molecule has 0 aliphatic carbocycles. The maximum absolute atomic E-state index is 6.51. The molecule has 0 heterocycles. The summed E-state index contributed by atoms with van der Waals surface area (Å²) in [5.74, 6) is 0. The average Bonchev–Trinajstić information content (AvgIpc) is 1.67. The van der Waals surface area contributed by atoms with Gasteiger partial charge in [0.1, 0.15) is 5.60 Å². The van der Waals surface area contributed by atoms with E-state index in [0.29, 0.717) is 6.54 Å². The average molecular weight is 211 g/mol. The Kier molecular flexibility index (Phi) is 6.49. The largest absolute Gasteiger partial charge is 0.371 e. The van der Waals surface area contributed by atoms with Gasteiger partial charge in [-0.05, 0) is 13.8 Å². The summed E-state index contributed by atoms with van der Waals surface area (Å²) in [6, 6.07) is 0. The molecular weight excluding hydrogens is 200 g/mol. The van der Waals surface area contributed by atoms with Crippen LogP contribution in [0.4, 0.5) is 0 Å². The Balaban J connectivity index is 0. The minimum absolute atomic E-state index is 0. The van der Waals surface area contributed by atoms with Crippen molar-refractivity contribution in [1.29, 1.82) is 0 Å². The molecule has 1 radical (unpaired) electrons. The number of nitrogens with zero attached hydrogens (tertiary/aromatic N) is 1.